The van der Waals surface area contributed by atoms with E-state index in [1.807, 2.05) is 55.4 Å². The Balaban J connectivity index is 0.000000968. The Labute approximate surface area is 194 Å². The van der Waals surface area contributed by atoms with Crippen molar-refractivity contribution in [1.82, 2.24) is 14.9 Å². The number of pyridine rings is 1. The third-order valence-corrected chi connectivity index (χ3v) is 4.61. The summed E-state index contributed by atoms with van der Waals surface area (Å²) in [5.74, 6) is 0.833. The van der Waals surface area contributed by atoms with Crippen LogP contribution in [-0.2, 0) is 6.54 Å². The first kappa shape index (κ1) is 23.9. The van der Waals surface area contributed by atoms with E-state index in [1.54, 1.807) is 31.5 Å². The fraction of sp³-hybridized carbons (Fsp3) is 0.269. The number of fused-ring (bicyclic) bond motifs is 1. The Kier molecular flexibility index (Phi) is 8.16. The number of carbonyl (C=O) groups excluding carboxylic acids is 1. The first-order valence-electron chi connectivity index (χ1n) is 10.9. The molecule has 0 fully saturated rings. The molecule has 0 radical (unpaired) electrons. The lowest BCUT2D eigenvalue weighted by atomic mass is 10.1. The Morgan fingerprint density at radius 3 is 2.55 bits per heavy atom. The van der Waals surface area contributed by atoms with Gasteiger partial charge < -0.3 is 19.4 Å². The van der Waals surface area contributed by atoms with Gasteiger partial charge in [-0.2, -0.15) is 4.98 Å². The minimum absolute atomic E-state index is 0.244. The molecule has 0 saturated carbocycles. The Morgan fingerprint density at radius 2 is 1.85 bits per heavy atom. The molecule has 0 spiro atoms. The number of nitrogens with zero attached hydrogens (tertiary/aromatic N) is 3. The number of oxazole rings is 1. The third kappa shape index (κ3) is 5.96. The lowest BCUT2D eigenvalue weighted by Gasteiger charge is -2.15. The molecule has 2 heterocycles. The van der Waals surface area contributed by atoms with Crippen LogP contribution < -0.4 is 10.1 Å². The number of benzene rings is 2. The van der Waals surface area contributed by atoms with Gasteiger partial charge in [-0.15, -0.1) is 0 Å². The summed E-state index contributed by atoms with van der Waals surface area (Å²) in [6, 6.07) is 16.4. The molecule has 0 atom stereocenters. The fourth-order valence-corrected chi connectivity index (χ4v) is 3.21. The minimum atomic E-state index is -0.244. The van der Waals surface area contributed by atoms with E-state index in [-0.39, 0.29) is 5.91 Å². The molecule has 4 aromatic rings. The summed E-state index contributed by atoms with van der Waals surface area (Å²) >= 11 is 0. The minimum Gasteiger partial charge on any atom is -0.496 e. The smallest absolute Gasteiger partial charge is 0.255 e. The van der Waals surface area contributed by atoms with Crippen LogP contribution in [0.5, 0.6) is 5.75 Å². The van der Waals surface area contributed by atoms with Crippen LogP contribution in [0.15, 0.2) is 65.2 Å². The molecule has 33 heavy (non-hydrogen) atoms. The van der Waals surface area contributed by atoms with Gasteiger partial charge >= 0.3 is 0 Å². The topological polar surface area (TPSA) is 80.5 Å². The largest absolute Gasteiger partial charge is 0.496 e. The van der Waals surface area contributed by atoms with E-state index in [0.29, 0.717) is 39.7 Å². The molecule has 1 N–H and O–H groups in total. The SMILES string of the molecule is CCC.COc1cc(C(=O)Nc2ccccc2-c2nc3ncccc3o2)ccc1CN(C)C. The molecule has 0 bridgehead atoms. The quantitative estimate of drug-likeness (QED) is 0.413. The molecule has 172 valence electrons. The summed E-state index contributed by atoms with van der Waals surface area (Å²) in [7, 11) is 5.57. The van der Waals surface area contributed by atoms with Gasteiger partial charge in [0, 0.05) is 23.9 Å². The van der Waals surface area contributed by atoms with Crippen LogP contribution in [0.3, 0.4) is 0 Å². The molecule has 7 heteroatoms. The second kappa shape index (κ2) is 11.2. The molecule has 0 aliphatic rings. The van der Waals surface area contributed by atoms with Gasteiger partial charge in [0.2, 0.25) is 5.89 Å². The first-order valence-corrected chi connectivity index (χ1v) is 10.9. The number of methoxy groups -OCH3 is 1. The summed E-state index contributed by atoms with van der Waals surface area (Å²) in [6.07, 6.45) is 2.91. The average Bonchev–Trinajstić information content (AvgIpc) is 3.24. The normalized spacial score (nSPS) is 10.6. The highest BCUT2D eigenvalue weighted by atomic mass is 16.5. The molecular formula is C26H30N4O3. The maximum absolute atomic E-state index is 12.9. The molecule has 7 nitrogen and oxygen atoms in total. The van der Waals surface area contributed by atoms with E-state index in [4.69, 9.17) is 9.15 Å². The van der Waals surface area contributed by atoms with Crippen molar-refractivity contribution in [2.24, 2.45) is 0 Å². The highest BCUT2D eigenvalue weighted by molar-refractivity contribution is 6.06. The Bertz CT molecular complexity index is 1180. The zero-order valence-corrected chi connectivity index (χ0v) is 19.8. The second-order valence-corrected chi connectivity index (χ2v) is 7.82. The molecule has 1 amide bonds. The van der Waals surface area contributed by atoms with Gasteiger partial charge in [0.1, 0.15) is 5.75 Å². The highest BCUT2D eigenvalue weighted by Gasteiger charge is 2.16. The van der Waals surface area contributed by atoms with Crippen molar-refractivity contribution in [3.63, 3.8) is 0 Å². The summed E-state index contributed by atoms with van der Waals surface area (Å²) in [4.78, 5) is 23.6. The number of aromatic nitrogens is 2. The molecular weight excluding hydrogens is 416 g/mol. The van der Waals surface area contributed by atoms with Crippen LogP contribution in [0.25, 0.3) is 22.7 Å². The molecule has 2 aromatic carbocycles. The molecule has 0 aliphatic heterocycles. The summed E-state index contributed by atoms with van der Waals surface area (Å²) < 4.78 is 11.3. The van der Waals surface area contributed by atoms with Crippen molar-refractivity contribution in [3.05, 3.63) is 71.9 Å². The number of ether oxygens (including phenoxy) is 1. The number of rotatable bonds is 6. The molecule has 2 aromatic heterocycles. The number of para-hydroxylation sites is 1. The molecule has 0 saturated heterocycles. The van der Waals surface area contributed by atoms with E-state index in [0.717, 1.165) is 12.1 Å². The number of hydrogen-bond acceptors (Lipinski definition) is 6. The van der Waals surface area contributed by atoms with Crippen LogP contribution >= 0.6 is 0 Å². The van der Waals surface area contributed by atoms with Crippen LogP contribution in [0.2, 0.25) is 0 Å². The number of anilines is 1. The number of nitrogens with one attached hydrogen (secondary N) is 1. The van der Waals surface area contributed by atoms with Crippen molar-refractivity contribution in [2.75, 3.05) is 26.5 Å². The van der Waals surface area contributed by atoms with Gasteiger partial charge in [0.05, 0.1) is 18.4 Å². The number of hydrogen-bond donors (Lipinski definition) is 1. The predicted octanol–water partition coefficient (Wildman–Crippen LogP) is 5.63. The van der Waals surface area contributed by atoms with Gasteiger partial charge in [-0.25, -0.2) is 4.98 Å². The summed E-state index contributed by atoms with van der Waals surface area (Å²) in [6.45, 7) is 4.97. The maximum atomic E-state index is 12.9. The third-order valence-electron chi connectivity index (χ3n) is 4.61. The Hall–Kier alpha value is -3.71. The predicted molar refractivity (Wildman–Crippen MR) is 132 cm³/mol. The van der Waals surface area contributed by atoms with E-state index >= 15 is 0 Å². The van der Waals surface area contributed by atoms with Gasteiger partial charge in [-0.3, -0.25) is 4.79 Å². The fourth-order valence-electron chi connectivity index (χ4n) is 3.21. The summed E-state index contributed by atoms with van der Waals surface area (Å²) in [5, 5.41) is 2.96. The lowest BCUT2D eigenvalue weighted by molar-refractivity contribution is 0.102. The van der Waals surface area contributed by atoms with E-state index in [1.165, 1.54) is 6.42 Å². The second-order valence-electron chi connectivity index (χ2n) is 7.82. The zero-order valence-electron chi connectivity index (χ0n) is 19.8. The van der Waals surface area contributed by atoms with Gasteiger partial charge in [0.25, 0.3) is 5.91 Å². The number of amides is 1. The van der Waals surface area contributed by atoms with Crippen LogP contribution in [0, 0.1) is 0 Å². The van der Waals surface area contributed by atoms with Crippen molar-refractivity contribution in [3.8, 4) is 17.2 Å². The highest BCUT2D eigenvalue weighted by Crippen LogP contribution is 2.30. The van der Waals surface area contributed by atoms with E-state index in [2.05, 4.69) is 29.1 Å². The standard InChI is InChI=1S/C23H22N4O3.C3H8/c1-27(2)14-16-11-10-15(13-20(16)29-3)22(28)25-18-8-5-4-7-17(18)23-26-21-19(30-23)9-6-12-24-21;1-3-2/h4-13H,14H2,1-3H3,(H,25,28);3H2,1-2H3. The van der Waals surface area contributed by atoms with Gasteiger partial charge in [-0.1, -0.05) is 38.5 Å². The first-order chi connectivity index (χ1) is 16.0. The van der Waals surface area contributed by atoms with Gasteiger partial charge in [0.15, 0.2) is 11.2 Å². The van der Waals surface area contributed by atoms with Gasteiger partial charge in [-0.05, 0) is 50.5 Å². The van der Waals surface area contributed by atoms with Crippen molar-refractivity contribution in [1.29, 1.82) is 0 Å². The van der Waals surface area contributed by atoms with E-state index < -0.39 is 0 Å². The zero-order chi connectivity index (χ0) is 23.8. The molecule has 0 unspecified atom stereocenters. The average molecular weight is 447 g/mol. The van der Waals surface area contributed by atoms with Crippen molar-refractivity contribution >= 4 is 22.8 Å². The monoisotopic (exact) mass is 446 g/mol. The lowest BCUT2D eigenvalue weighted by Crippen LogP contribution is -2.15. The van der Waals surface area contributed by atoms with Crippen molar-refractivity contribution < 1.29 is 13.9 Å². The van der Waals surface area contributed by atoms with E-state index in [9.17, 15) is 4.79 Å². The molecule has 0 aliphatic carbocycles. The van der Waals surface area contributed by atoms with Crippen LogP contribution in [0.1, 0.15) is 36.2 Å². The molecule has 4 rings (SSSR count). The summed E-state index contributed by atoms with van der Waals surface area (Å²) in [5.41, 5.74) is 3.91. The van der Waals surface area contributed by atoms with Crippen LogP contribution in [0.4, 0.5) is 5.69 Å². The van der Waals surface area contributed by atoms with Crippen LogP contribution in [-0.4, -0.2) is 42.0 Å². The maximum Gasteiger partial charge on any atom is 0.255 e. The van der Waals surface area contributed by atoms with Crippen molar-refractivity contribution in [2.45, 2.75) is 26.8 Å². The number of carbonyl (C=O) groups is 1. The Morgan fingerprint density at radius 1 is 1.09 bits per heavy atom.